The number of hydrogen-bond acceptors (Lipinski definition) is 3. The Morgan fingerprint density at radius 2 is 1.65 bits per heavy atom. The summed E-state index contributed by atoms with van der Waals surface area (Å²) in [5, 5.41) is 2.97. The first-order chi connectivity index (χ1) is 14.6. The lowest BCUT2D eigenvalue weighted by Crippen LogP contribution is -2.41. The molecule has 2 aromatic carbocycles. The molecule has 0 aromatic heterocycles. The second-order valence-corrected chi connectivity index (χ2v) is 8.02. The minimum absolute atomic E-state index is 0.0812. The number of aryl methyl sites for hydroxylation is 1. The smallest absolute Gasteiger partial charge is 0.378 e. The van der Waals surface area contributed by atoms with E-state index in [1.807, 2.05) is 44.1 Å². The Morgan fingerprint density at radius 3 is 2.16 bits per heavy atom. The van der Waals surface area contributed by atoms with Crippen LogP contribution in [0.2, 0.25) is 0 Å². The van der Waals surface area contributed by atoms with Crippen molar-refractivity contribution in [1.29, 1.82) is 0 Å². The van der Waals surface area contributed by atoms with E-state index in [2.05, 4.69) is 5.32 Å². The van der Waals surface area contributed by atoms with Gasteiger partial charge in [0.25, 0.3) is 5.91 Å². The number of halogens is 3. The number of nitrogens with zero attached hydrogens (tertiary/aromatic N) is 2. The molecule has 0 unspecified atom stereocenters. The van der Waals surface area contributed by atoms with Gasteiger partial charge in [0.05, 0.1) is 5.56 Å². The predicted molar refractivity (Wildman–Crippen MR) is 114 cm³/mol. The van der Waals surface area contributed by atoms with Crippen LogP contribution in [0.3, 0.4) is 0 Å². The predicted octanol–water partition coefficient (Wildman–Crippen LogP) is 4.57. The van der Waals surface area contributed by atoms with Gasteiger partial charge in [-0.1, -0.05) is 0 Å². The van der Waals surface area contributed by atoms with Crippen molar-refractivity contribution in [2.75, 3.05) is 37.4 Å². The number of likely N-dealkylation sites (tertiary alicyclic amines) is 1. The van der Waals surface area contributed by atoms with Crippen LogP contribution in [-0.4, -0.2) is 43.9 Å². The number of hydrogen-bond donors (Lipinski definition) is 1. The number of rotatable bonds is 4. The standard InChI is InChI=1S/C23H26F3N3O2/c1-15-14-19(28(2)3)8-9-20(15)27-21(30)16-10-12-29(13-11-16)22(31)17-4-6-18(7-5-17)23(24,25)26/h4-9,14,16H,10-13H2,1-3H3,(H,27,30). The quantitative estimate of drug-likeness (QED) is 0.769. The molecule has 166 valence electrons. The second-order valence-electron chi connectivity index (χ2n) is 8.02. The first-order valence-corrected chi connectivity index (χ1v) is 10.1. The number of benzene rings is 2. The Hall–Kier alpha value is -3.03. The molecule has 2 amide bonds. The number of piperidine rings is 1. The van der Waals surface area contributed by atoms with E-state index in [9.17, 15) is 22.8 Å². The third-order valence-corrected chi connectivity index (χ3v) is 5.60. The Morgan fingerprint density at radius 1 is 1.03 bits per heavy atom. The fraction of sp³-hybridized carbons (Fsp3) is 0.391. The molecule has 0 radical (unpaired) electrons. The number of anilines is 2. The molecule has 1 N–H and O–H groups in total. The molecule has 1 aliphatic heterocycles. The van der Waals surface area contributed by atoms with Crippen LogP contribution in [0.15, 0.2) is 42.5 Å². The number of carbonyl (C=O) groups is 2. The van der Waals surface area contributed by atoms with Crippen LogP contribution < -0.4 is 10.2 Å². The molecule has 8 heteroatoms. The van der Waals surface area contributed by atoms with E-state index in [0.29, 0.717) is 25.9 Å². The van der Waals surface area contributed by atoms with Crippen molar-refractivity contribution in [3.63, 3.8) is 0 Å². The molecule has 31 heavy (non-hydrogen) atoms. The average Bonchev–Trinajstić information content (AvgIpc) is 2.74. The molecule has 0 atom stereocenters. The van der Waals surface area contributed by atoms with Gasteiger partial charge in [-0.3, -0.25) is 9.59 Å². The van der Waals surface area contributed by atoms with Crippen molar-refractivity contribution in [3.05, 3.63) is 59.2 Å². The Balaban J connectivity index is 1.56. The minimum Gasteiger partial charge on any atom is -0.378 e. The van der Waals surface area contributed by atoms with Crippen LogP contribution in [0.5, 0.6) is 0 Å². The van der Waals surface area contributed by atoms with Crippen LogP contribution in [0.1, 0.15) is 34.3 Å². The molecule has 3 rings (SSSR count). The summed E-state index contributed by atoms with van der Waals surface area (Å²) in [6, 6.07) is 10.0. The highest BCUT2D eigenvalue weighted by Gasteiger charge is 2.31. The van der Waals surface area contributed by atoms with E-state index in [0.717, 1.165) is 29.1 Å². The van der Waals surface area contributed by atoms with Crippen molar-refractivity contribution in [3.8, 4) is 0 Å². The van der Waals surface area contributed by atoms with E-state index in [1.165, 1.54) is 12.1 Å². The van der Waals surface area contributed by atoms with E-state index < -0.39 is 11.7 Å². The van der Waals surface area contributed by atoms with Crippen molar-refractivity contribution in [2.24, 2.45) is 5.92 Å². The largest absolute Gasteiger partial charge is 0.416 e. The van der Waals surface area contributed by atoms with Gasteiger partial charge in [0.15, 0.2) is 0 Å². The van der Waals surface area contributed by atoms with Crippen LogP contribution in [-0.2, 0) is 11.0 Å². The molecule has 0 saturated carbocycles. The van der Waals surface area contributed by atoms with E-state index in [4.69, 9.17) is 0 Å². The van der Waals surface area contributed by atoms with Crippen LogP contribution in [0.4, 0.5) is 24.5 Å². The second kappa shape index (κ2) is 8.99. The maximum Gasteiger partial charge on any atom is 0.416 e. The lowest BCUT2D eigenvalue weighted by Gasteiger charge is -2.31. The lowest BCUT2D eigenvalue weighted by molar-refractivity contribution is -0.137. The third-order valence-electron chi connectivity index (χ3n) is 5.60. The summed E-state index contributed by atoms with van der Waals surface area (Å²) < 4.78 is 38.1. The summed E-state index contributed by atoms with van der Waals surface area (Å²) in [7, 11) is 3.90. The Bertz CT molecular complexity index is 948. The zero-order valence-electron chi connectivity index (χ0n) is 17.8. The molecule has 1 aliphatic rings. The zero-order valence-corrected chi connectivity index (χ0v) is 17.8. The number of amides is 2. The molecule has 1 saturated heterocycles. The molecule has 1 fully saturated rings. The SMILES string of the molecule is Cc1cc(N(C)C)ccc1NC(=O)C1CCN(C(=O)c2ccc(C(F)(F)F)cc2)CC1. The van der Waals surface area contributed by atoms with Gasteiger partial charge < -0.3 is 15.1 Å². The van der Waals surface area contributed by atoms with Crippen molar-refractivity contribution >= 4 is 23.2 Å². The lowest BCUT2D eigenvalue weighted by atomic mass is 9.95. The van der Waals surface area contributed by atoms with Crippen molar-refractivity contribution in [1.82, 2.24) is 4.90 Å². The molecule has 2 aromatic rings. The molecular weight excluding hydrogens is 407 g/mol. The van der Waals surface area contributed by atoms with Gasteiger partial charge in [-0.15, -0.1) is 0 Å². The van der Waals surface area contributed by atoms with Crippen LogP contribution in [0.25, 0.3) is 0 Å². The molecule has 1 heterocycles. The third kappa shape index (κ3) is 5.37. The van der Waals surface area contributed by atoms with Crippen molar-refractivity contribution < 1.29 is 22.8 Å². The van der Waals surface area contributed by atoms with Gasteiger partial charge in [0.2, 0.25) is 5.91 Å². The average molecular weight is 433 g/mol. The van der Waals surface area contributed by atoms with Gasteiger partial charge in [-0.2, -0.15) is 13.2 Å². The van der Waals surface area contributed by atoms with Gasteiger partial charge in [0.1, 0.15) is 0 Å². The first kappa shape index (κ1) is 22.7. The number of alkyl halides is 3. The van der Waals surface area contributed by atoms with Gasteiger partial charge >= 0.3 is 6.18 Å². The highest BCUT2D eigenvalue weighted by molar-refractivity contribution is 5.95. The van der Waals surface area contributed by atoms with Crippen LogP contribution in [0, 0.1) is 12.8 Å². The Kier molecular flexibility index (Phi) is 6.57. The van der Waals surface area contributed by atoms with E-state index >= 15 is 0 Å². The molecular formula is C23H26F3N3O2. The summed E-state index contributed by atoms with van der Waals surface area (Å²) in [5.41, 5.74) is 2.21. The Labute approximate surface area is 179 Å². The maximum atomic E-state index is 12.7. The molecule has 0 spiro atoms. The summed E-state index contributed by atoms with van der Waals surface area (Å²) in [6.07, 6.45) is -3.42. The first-order valence-electron chi connectivity index (χ1n) is 10.1. The molecule has 0 bridgehead atoms. The number of nitrogens with one attached hydrogen (secondary N) is 1. The molecule has 5 nitrogen and oxygen atoms in total. The topological polar surface area (TPSA) is 52.7 Å². The summed E-state index contributed by atoms with van der Waals surface area (Å²) >= 11 is 0. The van der Waals surface area contributed by atoms with E-state index in [1.54, 1.807) is 4.90 Å². The van der Waals surface area contributed by atoms with E-state index in [-0.39, 0.29) is 23.3 Å². The fourth-order valence-electron chi connectivity index (χ4n) is 3.63. The maximum absolute atomic E-state index is 12.7. The van der Waals surface area contributed by atoms with Gasteiger partial charge in [-0.05, 0) is 67.8 Å². The van der Waals surface area contributed by atoms with Crippen LogP contribution >= 0.6 is 0 Å². The number of carbonyl (C=O) groups excluding carboxylic acids is 2. The van der Waals surface area contributed by atoms with Crippen molar-refractivity contribution in [2.45, 2.75) is 25.9 Å². The summed E-state index contributed by atoms with van der Waals surface area (Å²) in [5.74, 6) is -0.616. The monoisotopic (exact) mass is 433 g/mol. The normalized spacial score (nSPS) is 15.0. The highest BCUT2D eigenvalue weighted by Crippen LogP contribution is 2.30. The molecule has 0 aliphatic carbocycles. The fourth-order valence-corrected chi connectivity index (χ4v) is 3.63. The zero-order chi connectivity index (χ0) is 22.8. The summed E-state index contributed by atoms with van der Waals surface area (Å²) in [6.45, 7) is 2.71. The summed E-state index contributed by atoms with van der Waals surface area (Å²) in [4.78, 5) is 28.9. The van der Waals surface area contributed by atoms with Gasteiger partial charge in [-0.25, -0.2) is 0 Å². The minimum atomic E-state index is -4.43. The van der Waals surface area contributed by atoms with Gasteiger partial charge in [0, 0.05) is 50.0 Å². The highest BCUT2D eigenvalue weighted by atomic mass is 19.4.